The van der Waals surface area contributed by atoms with Gasteiger partial charge in [-0.15, -0.1) is 0 Å². The van der Waals surface area contributed by atoms with E-state index in [0.29, 0.717) is 28.0 Å². The number of benzene rings is 2. The Kier molecular flexibility index (Phi) is 6.07. The van der Waals surface area contributed by atoms with Crippen molar-refractivity contribution in [2.75, 3.05) is 21.3 Å². The molecule has 3 rings (SSSR count). The lowest BCUT2D eigenvalue weighted by atomic mass is 10.1. The van der Waals surface area contributed by atoms with Crippen LogP contribution in [0, 0.1) is 0 Å². The molecule has 0 saturated heterocycles. The highest BCUT2D eigenvalue weighted by Gasteiger charge is 2.22. The number of methoxy groups -OCH3 is 3. The van der Waals surface area contributed by atoms with Crippen LogP contribution in [0.25, 0.3) is 11.0 Å². The topological polar surface area (TPSA) is 84.2 Å². The van der Waals surface area contributed by atoms with Crippen LogP contribution in [0.15, 0.2) is 45.6 Å². The first-order valence-corrected chi connectivity index (χ1v) is 9.04. The maximum Gasteiger partial charge on any atom is 0.342 e. The van der Waals surface area contributed by atoms with E-state index in [-0.39, 0.29) is 17.9 Å². The van der Waals surface area contributed by atoms with Gasteiger partial charge in [0.05, 0.1) is 21.3 Å². The number of esters is 1. The van der Waals surface area contributed by atoms with Crippen LogP contribution in [-0.4, -0.2) is 27.3 Å². The molecule has 7 nitrogen and oxygen atoms in total. The van der Waals surface area contributed by atoms with Crippen LogP contribution in [0.4, 0.5) is 0 Å². The third kappa shape index (κ3) is 4.03. The van der Waals surface area contributed by atoms with Gasteiger partial charge in [-0.3, -0.25) is 0 Å². The molecular formula is C22H22O7. The van der Waals surface area contributed by atoms with Crippen molar-refractivity contribution in [1.82, 2.24) is 0 Å². The van der Waals surface area contributed by atoms with E-state index in [4.69, 9.17) is 23.4 Å². The molecule has 29 heavy (non-hydrogen) atoms. The molecule has 3 aromatic rings. The molecule has 0 fully saturated rings. The van der Waals surface area contributed by atoms with Crippen molar-refractivity contribution < 1.29 is 28.2 Å². The summed E-state index contributed by atoms with van der Waals surface area (Å²) in [5.74, 6) is 0.317. The third-order valence-electron chi connectivity index (χ3n) is 4.59. The smallest absolute Gasteiger partial charge is 0.342 e. The zero-order valence-electron chi connectivity index (χ0n) is 16.7. The van der Waals surface area contributed by atoms with Gasteiger partial charge in [0, 0.05) is 17.0 Å². The van der Waals surface area contributed by atoms with E-state index in [2.05, 4.69) is 0 Å². The Labute approximate surface area is 167 Å². The highest BCUT2D eigenvalue weighted by atomic mass is 16.5. The van der Waals surface area contributed by atoms with Crippen LogP contribution >= 0.6 is 0 Å². The van der Waals surface area contributed by atoms with Crippen molar-refractivity contribution in [1.29, 1.82) is 0 Å². The Morgan fingerprint density at radius 2 is 1.72 bits per heavy atom. The predicted octanol–water partition coefficient (Wildman–Crippen LogP) is 3.74. The largest absolute Gasteiger partial charge is 0.493 e. The lowest BCUT2D eigenvalue weighted by Gasteiger charge is -2.15. The lowest BCUT2D eigenvalue weighted by Crippen LogP contribution is -2.10. The summed E-state index contributed by atoms with van der Waals surface area (Å²) in [7, 11) is 4.37. The summed E-state index contributed by atoms with van der Waals surface area (Å²) in [4.78, 5) is 24.6. The molecule has 0 spiro atoms. The van der Waals surface area contributed by atoms with Gasteiger partial charge in [-0.1, -0.05) is 19.1 Å². The summed E-state index contributed by atoms with van der Waals surface area (Å²) >= 11 is 0. The monoisotopic (exact) mass is 398 g/mol. The van der Waals surface area contributed by atoms with E-state index < -0.39 is 11.6 Å². The SMILES string of the molecule is CCc1ccc2c(COC(=O)c3ccc(OC)c(OC)c3OC)cc(=O)oc2c1. The first kappa shape index (κ1) is 20.3. The number of carbonyl (C=O) groups is 1. The number of fused-ring (bicyclic) bond motifs is 1. The Morgan fingerprint density at radius 3 is 2.38 bits per heavy atom. The minimum atomic E-state index is -0.616. The van der Waals surface area contributed by atoms with Crippen LogP contribution in [0.2, 0.25) is 0 Å². The molecule has 0 saturated carbocycles. The molecule has 7 heteroatoms. The average Bonchev–Trinajstić information content (AvgIpc) is 2.75. The first-order valence-electron chi connectivity index (χ1n) is 9.04. The number of ether oxygens (including phenoxy) is 4. The summed E-state index contributed by atoms with van der Waals surface area (Å²) in [5, 5.41) is 0.717. The van der Waals surface area contributed by atoms with Crippen LogP contribution in [0.5, 0.6) is 17.2 Å². The van der Waals surface area contributed by atoms with Gasteiger partial charge in [-0.2, -0.15) is 0 Å². The molecule has 2 aromatic carbocycles. The molecule has 0 atom stereocenters. The van der Waals surface area contributed by atoms with Crippen LogP contribution in [0.1, 0.15) is 28.4 Å². The van der Waals surface area contributed by atoms with E-state index >= 15 is 0 Å². The van der Waals surface area contributed by atoms with Gasteiger partial charge in [0.1, 0.15) is 17.8 Å². The van der Waals surface area contributed by atoms with Crippen LogP contribution in [0.3, 0.4) is 0 Å². The Balaban J connectivity index is 1.91. The number of carbonyl (C=O) groups excluding carboxylic acids is 1. The lowest BCUT2D eigenvalue weighted by molar-refractivity contribution is 0.0469. The highest BCUT2D eigenvalue weighted by molar-refractivity contribution is 5.94. The van der Waals surface area contributed by atoms with Crippen molar-refractivity contribution in [3.63, 3.8) is 0 Å². The molecular weight excluding hydrogens is 376 g/mol. The van der Waals surface area contributed by atoms with E-state index in [9.17, 15) is 9.59 Å². The number of aryl methyl sites for hydroxylation is 1. The molecule has 0 radical (unpaired) electrons. The third-order valence-corrected chi connectivity index (χ3v) is 4.59. The van der Waals surface area contributed by atoms with Gasteiger partial charge in [0.25, 0.3) is 0 Å². The second-order valence-corrected chi connectivity index (χ2v) is 6.23. The maximum absolute atomic E-state index is 12.7. The van der Waals surface area contributed by atoms with Crippen molar-refractivity contribution in [2.45, 2.75) is 20.0 Å². The normalized spacial score (nSPS) is 10.6. The quantitative estimate of drug-likeness (QED) is 0.443. The Hall–Kier alpha value is -3.48. The van der Waals surface area contributed by atoms with Gasteiger partial charge in [-0.05, 0) is 30.2 Å². The molecule has 0 bridgehead atoms. The average molecular weight is 398 g/mol. The molecule has 0 amide bonds. The summed E-state index contributed by atoms with van der Waals surface area (Å²) in [5.41, 5.74) is 1.76. The second kappa shape index (κ2) is 8.68. The van der Waals surface area contributed by atoms with Gasteiger partial charge < -0.3 is 23.4 Å². The number of hydrogen-bond acceptors (Lipinski definition) is 7. The fourth-order valence-corrected chi connectivity index (χ4v) is 3.10. The van der Waals surface area contributed by atoms with E-state index in [1.165, 1.54) is 33.5 Å². The van der Waals surface area contributed by atoms with E-state index in [1.807, 2.05) is 25.1 Å². The van der Waals surface area contributed by atoms with E-state index in [1.54, 1.807) is 6.07 Å². The highest BCUT2D eigenvalue weighted by Crippen LogP contribution is 2.40. The van der Waals surface area contributed by atoms with Crippen molar-refractivity contribution in [3.05, 3.63) is 63.5 Å². The summed E-state index contributed by atoms with van der Waals surface area (Å²) in [6.07, 6.45) is 0.817. The van der Waals surface area contributed by atoms with Crippen LogP contribution in [-0.2, 0) is 17.8 Å². The van der Waals surface area contributed by atoms with Gasteiger partial charge >= 0.3 is 11.6 Å². The second-order valence-electron chi connectivity index (χ2n) is 6.23. The Morgan fingerprint density at radius 1 is 0.966 bits per heavy atom. The minimum Gasteiger partial charge on any atom is -0.493 e. The van der Waals surface area contributed by atoms with Gasteiger partial charge in [0.2, 0.25) is 5.75 Å². The number of rotatable bonds is 7. The standard InChI is InChI=1S/C22H22O7/c1-5-13-6-7-15-14(11-19(23)29-18(15)10-13)12-28-22(24)16-8-9-17(25-2)21(27-4)20(16)26-3/h6-11H,5,12H2,1-4H3. The van der Waals surface area contributed by atoms with Crippen molar-refractivity contribution in [2.24, 2.45) is 0 Å². The molecule has 0 unspecified atom stereocenters. The minimum absolute atomic E-state index is 0.0933. The molecule has 1 aromatic heterocycles. The fraction of sp³-hybridized carbons (Fsp3) is 0.273. The molecule has 0 aliphatic rings. The molecule has 1 heterocycles. The zero-order chi connectivity index (χ0) is 21.0. The zero-order valence-corrected chi connectivity index (χ0v) is 16.7. The molecule has 0 N–H and O–H groups in total. The first-order chi connectivity index (χ1) is 14.0. The van der Waals surface area contributed by atoms with Crippen molar-refractivity contribution >= 4 is 16.9 Å². The maximum atomic E-state index is 12.7. The van der Waals surface area contributed by atoms with Crippen molar-refractivity contribution in [3.8, 4) is 17.2 Å². The summed E-state index contributed by atoms with van der Waals surface area (Å²) < 4.78 is 26.6. The van der Waals surface area contributed by atoms with Gasteiger partial charge in [-0.25, -0.2) is 9.59 Å². The summed E-state index contributed by atoms with van der Waals surface area (Å²) in [6, 6.07) is 10.1. The van der Waals surface area contributed by atoms with Gasteiger partial charge in [0.15, 0.2) is 11.5 Å². The molecule has 0 aliphatic heterocycles. The molecule has 0 aliphatic carbocycles. The fourth-order valence-electron chi connectivity index (χ4n) is 3.10. The van der Waals surface area contributed by atoms with E-state index in [0.717, 1.165) is 12.0 Å². The summed E-state index contributed by atoms with van der Waals surface area (Å²) in [6.45, 7) is 1.92. The Bertz CT molecular complexity index is 1100. The molecule has 152 valence electrons. The number of hydrogen-bond donors (Lipinski definition) is 0. The van der Waals surface area contributed by atoms with Crippen LogP contribution < -0.4 is 19.8 Å². The predicted molar refractivity (Wildman–Crippen MR) is 107 cm³/mol.